The summed E-state index contributed by atoms with van der Waals surface area (Å²) in [5, 5.41) is 3.96. The van der Waals surface area contributed by atoms with Crippen LogP contribution in [0.5, 0.6) is 0 Å². The Hall–Kier alpha value is -0.890. The molecule has 1 aromatic heterocycles. The summed E-state index contributed by atoms with van der Waals surface area (Å²) >= 11 is 5.16. The van der Waals surface area contributed by atoms with E-state index in [0.717, 1.165) is 9.37 Å². The molecule has 0 saturated carbocycles. The lowest BCUT2D eigenvalue weighted by Crippen LogP contribution is -2.28. The molecule has 0 radical (unpaired) electrons. The Bertz CT molecular complexity index is 550. The molecular formula is C13H16BrN3O2S. The lowest BCUT2D eigenvalue weighted by Gasteiger charge is -2.05. The van der Waals surface area contributed by atoms with E-state index in [1.807, 2.05) is 24.3 Å². The number of nitrogens with two attached hydrogens (primary N) is 1. The summed E-state index contributed by atoms with van der Waals surface area (Å²) in [7, 11) is 1.62. The maximum atomic E-state index is 5.85. The molecule has 1 aromatic carbocycles. The molecule has 2 rings (SSSR count). The first kappa shape index (κ1) is 15.5. The monoisotopic (exact) mass is 357 g/mol. The zero-order valence-corrected chi connectivity index (χ0v) is 13.5. The van der Waals surface area contributed by atoms with Gasteiger partial charge in [0.2, 0.25) is 5.89 Å². The third-order valence-electron chi connectivity index (χ3n) is 2.52. The number of methoxy groups -OCH3 is 1. The van der Waals surface area contributed by atoms with E-state index in [1.54, 1.807) is 18.9 Å². The van der Waals surface area contributed by atoms with Gasteiger partial charge in [0.1, 0.15) is 0 Å². The van der Waals surface area contributed by atoms with Crippen molar-refractivity contribution in [1.82, 2.24) is 10.1 Å². The van der Waals surface area contributed by atoms with Crippen LogP contribution in [-0.2, 0) is 16.9 Å². The first-order valence-electron chi connectivity index (χ1n) is 6.12. The number of rotatable bonds is 7. The molecule has 0 spiro atoms. The SMILES string of the molecule is COCC(N)Cc1nc(CSc2ccccc2Br)no1. The van der Waals surface area contributed by atoms with E-state index in [2.05, 4.69) is 26.1 Å². The summed E-state index contributed by atoms with van der Waals surface area (Å²) in [5.74, 6) is 1.88. The van der Waals surface area contributed by atoms with Gasteiger partial charge in [-0.25, -0.2) is 0 Å². The minimum Gasteiger partial charge on any atom is -0.383 e. The summed E-state index contributed by atoms with van der Waals surface area (Å²) in [5.41, 5.74) is 5.85. The van der Waals surface area contributed by atoms with Gasteiger partial charge in [-0.15, -0.1) is 11.8 Å². The number of thioether (sulfide) groups is 1. The van der Waals surface area contributed by atoms with Crippen LogP contribution in [0.4, 0.5) is 0 Å². The molecule has 0 amide bonds. The normalized spacial score (nSPS) is 12.6. The molecule has 0 aliphatic rings. The molecule has 1 atom stereocenters. The van der Waals surface area contributed by atoms with Gasteiger partial charge in [-0.05, 0) is 28.1 Å². The van der Waals surface area contributed by atoms with Gasteiger partial charge in [-0.2, -0.15) is 4.98 Å². The van der Waals surface area contributed by atoms with E-state index in [4.69, 9.17) is 15.0 Å². The fraction of sp³-hybridized carbons (Fsp3) is 0.385. The standard InChI is InChI=1S/C13H16BrN3O2S/c1-18-7-9(15)6-13-16-12(17-19-13)8-20-11-5-3-2-4-10(11)14/h2-5,9H,6-8,15H2,1H3. The van der Waals surface area contributed by atoms with Gasteiger partial charge >= 0.3 is 0 Å². The van der Waals surface area contributed by atoms with Crippen LogP contribution < -0.4 is 5.73 Å². The van der Waals surface area contributed by atoms with Crippen molar-refractivity contribution in [2.24, 2.45) is 5.73 Å². The summed E-state index contributed by atoms with van der Waals surface area (Å²) in [6.07, 6.45) is 0.528. The highest BCUT2D eigenvalue weighted by atomic mass is 79.9. The second-order valence-electron chi connectivity index (χ2n) is 4.24. The van der Waals surface area contributed by atoms with Crippen molar-refractivity contribution >= 4 is 27.7 Å². The highest BCUT2D eigenvalue weighted by Gasteiger charge is 2.11. The van der Waals surface area contributed by atoms with E-state index in [1.165, 1.54) is 0 Å². The van der Waals surface area contributed by atoms with Crippen molar-refractivity contribution in [3.05, 3.63) is 40.5 Å². The van der Waals surface area contributed by atoms with Crippen LogP contribution in [0.1, 0.15) is 11.7 Å². The highest BCUT2D eigenvalue weighted by molar-refractivity contribution is 9.10. The van der Waals surface area contributed by atoms with E-state index in [0.29, 0.717) is 30.5 Å². The van der Waals surface area contributed by atoms with E-state index in [-0.39, 0.29) is 6.04 Å². The Morgan fingerprint density at radius 2 is 2.25 bits per heavy atom. The molecule has 0 aliphatic carbocycles. The highest BCUT2D eigenvalue weighted by Crippen LogP contribution is 2.28. The van der Waals surface area contributed by atoms with Gasteiger partial charge in [0, 0.05) is 28.9 Å². The molecular weight excluding hydrogens is 342 g/mol. The van der Waals surface area contributed by atoms with E-state index < -0.39 is 0 Å². The van der Waals surface area contributed by atoms with Crippen LogP contribution in [0.2, 0.25) is 0 Å². The van der Waals surface area contributed by atoms with E-state index >= 15 is 0 Å². The molecule has 0 saturated heterocycles. The van der Waals surface area contributed by atoms with Crippen molar-refractivity contribution in [2.75, 3.05) is 13.7 Å². The number of hydrogen-bond donors (Lipinski definition) is 1. The van der Waals surface area contributed by atoms with Crippen LogP contribution in [0.25, 0.3) is 0 Å². The molecule has 7 heteroatoms. The second-order valence-corrected chi connectivity index (χ2v) is 6.11. The zero-order valence-electron chi connectivity index (χ0n) is 11.1. The lowest BCUT2D eigenvalue weighted by atomic mass is 10.2. The summed E-state index contributed by atoms with van der Waals surface area (Å²) in [6, 6.07) is 7.91. The Labute approximate surface area is 130 Å². The summed E-state index contributed by atoms with van der Waals surface area (Å²) in [4.78, 5) is 5.48. The number of halogens is 1. The number of ether oxygens (including phenoxy) is 1. The Morgan fingerprint density at radius 3 is 3.00 bits per heavy atom. The number of aromatic nitrogens is 2. The first-order valence-corrected chi connectivity index (χ1v) is 7.90. The van der Waals surface area contributed by atoms with Crippen LogP contribution in [0.15, 0.2) is 38.2 Å². The number of hydrogen-bond acceptors (Lipinski definition) is 6. The van der Waals surface area contributed by atoms with Crippen molar-refractivity contribution in [3.63, 3.8) is 0 Å². The molecule has 108 valence electrons. The van der Waals surface area contributed by atoms with Crippen LogP contribution >= 0.6 is 27.7 Å². The Kier molecular flexibility index (Phi) is 6.03. The topological polar surface area (TPSA) is 74.2 Å². The quantitative estimate of drug-likeness (QED) is 0.767. The third kappa shape index (κ3) is 4.59. The molecule has 2 aromatic rings. The molecule has 20 heavy (non-hydrogen) atoms. The second kappa shape index (κ2) is 7.78. The largest absolute Gasteiger partial charge is 0.383 e. The molecule has 0 bridgehead atoms. The summed E-state index contributed by atoms with van der Waals surface area (Å²) < 4.78 is 11.2. The third-order valence-corrected chi connectivity index (χ3v) is 4.54. The molecule has 5 nitrogen and oxygen atoms in total. The Balaban J connectivity index is 1.88. The fourth-order valence-corrected chi connectivity index (χ4v) is 3.04. The van der Waals surface area contributed by atoms with Crippen LogP contribution in [0.3, 0.4) is 0 Å². The van der Waals surface area contributed by atoms with E-state index in [9.17, 15) is 0 Å². The van der Waals surface area contributed by atoms with Gasteiger partial charge < -0.3 is 15.0 Å². The molecule has 0 aliphatic heterocycles. The van der Waals surface area contributed by atoms with Crippen molar-refractivity contribution in [1.29, 1.82) is 0 Å². The minimum absolute atomic E-state index is 0.121. The number of benzene rings is 1. The van der Waals surface area contributed by atoms with Gasteiger partial charge in [0.05, 0.1) is 12.4 Å². The van der Waals surface area contributed by atoms with Crippen LogP contribution in [-0.4, -0.2) is 29.9 Å². The molecule has 1 heterocycles. The molecule has 2 N–H and O–H groups in total. The predicted octanol–water partition coefficient (Wildman–Crippen LogP) is 2.64. The van der Waals surface area contributed by atoms with Crippen molar-refractivity contribution < 1.29 is 9.26 Å². The molecule has 0 fully saturated rings. The molecule has 1 unspecified atom stereocenters. The maximum Gasteiger partial charge on any atom is 0.228 e. The van der Waals surface area contributed by atoms with Gasteiger partial charge in [0.25, 0.3) is 0 Å². The number of nitrogens with zero attached hydrogens (tertiary/aromatic N) is 2. The fourth-order valence-electron chi connectivity index (χ4n) is 1.63. The lowest BCUT2D eigenvalue weighted by molar-refractivity contribution is 0.176. The Morgan fingerprint density at radius 1 is 1.45 bits per heavy atom. The van der Waals surface area contributed by atoms with Gasteiger partial charge in [-0.3, -0.25) is 0 Å². The average molecular weight is 358 g/mol. The maximum absolute atomic E-state index is 5.85. The van der Waals surface area contributed by atoms with Crippen LogP contribution in [0, 0.1) is 0 Å². The van der Waals surface area contributed by atoms with Gasteiger partial charge in [0.15, 0.2) is 5.82 Å². The predicted molar refractivity (Wildman–Crippen MR) is 81.6 cm³/mol. The van der Waals surface area contributed by atoms with Crippen molar-refractivity contribution in [2.45, 2.75) is 23.1 Å². The minimum atomic E-state index is -0.121. The average Bonchev–Trinajstić information content (AvgIpc) is 2.85. The smallest absolute Gasteiger partial charge is 0.228 e. The first-order chi connectivity index (χ1) is 9.69. The van der Waals surface area contributed by atoms with Gasteiger partial charge in [-0.1, -0.05) is 17.3 Å². The van der Waals surface area contributed by atoms with Crippen molar-refractivity contribution in [3.8, 4) is 0 Å². The summed E-state index contributed by atoms with van der Waals surface area (Å²) in [6.45, 7) is 0.476. The zero-order chi connectivity index (χ0) is 14.4.